The minimum absolute atomic E-state index is 0.252. The summed E-state index contributed by atoms with van der Waals surface area (Å²) in [6.07, 6.45) is 10.5. The van der Waals surface area contributed by atoms with Crippen LogP contribution in [0.2, 0.25) is 44.6 Å². The number of rotatable bonds is 4. The molecular weight excluding hydrogens is 688 g/mol. The summed E-state index contributed by atoms with van der Waals surface area (Å²) in [5, 5.41) is 0.252. The van der Waals surface area contributed by atoms with E-state index >= 15 is 0 Å². The van der Waals surface area contributed by atoms with Gasteiger partial charge in [0, 0.05) is 83.0 Å². The Morgan fingerprint density at radius 3 is 1.33 bits per heavy atom. The molecule has 51 heavy (non-hydrogen) atoms. The summed E-state index contributed by atoms with van der Waals surface area (Å²) in [6.45, 7) is 30.4. The van der Waals surface area contributed by atoms with Gasteiger partial charge in [0.25, 0.3) is 0 Å². The SMILES string of the molecule is C#Cc1ccnc(N2CCN(C(C)C)CC2)n1.CC(C)N1CCN(c2nccc(C#C[Si](C)(C)C)n2)CC1.C[Si](C)(C)C#Cc1ccnc(Cl)n1. The fourth-order valence-electron chi connectivity index (χ4n) is 4.94. The number of hydrogen-bond acceptors (Lipinski definition) is 10. The van der Waals surface area contributed by atoms with Crippen LogP contribution in [0.5, 0.6) is 0 Å². The summed E-state index contributed by atoms with van der Waals surface area (Å²) in [5.41, 5.74) is 8.76. The highest BCUT2D eigenvalue weighted by atomic mass is 35.5. The lowest BCUT2D eigenvalue weighted by molar-refractivity contribution is 0.208. The Hall–Kier alpha value is -3.84. The molecule has 3 aromatic rings. The summed E-state index contributed by atoms with van der Waals surface area (Å²) in [4.78, 5) is 34.8. The molecule has 3 aromatic heterocycles. The molecule has 0 radical (unpaired) electrons. The summed E-state index contributed by atoms with van der Waals surface area (Å²) < 4.78 is 0. The van der Waals surface area contributed by atoms with E-state index in [-0.39, 0.29) is 5.28 Å². The van der Waals surface area contributed by atoms with Crippen LogP contribution in [0.3, 0.4) is 0 Å². The number of aromatic nitrogens is 6. The van der Waals surface area contributed by atoms with Crippen LogP contribution in [0, 0.1) is 35.3 Å². The number of piperazine rings is 2. The molecule has 0 spiro atoms. The van der Waals surface area contributed by atoms with Crippen LogP contribution < -0.4 is 9.80 Å². The predicted molar refractivity (Wildman–Crippen MR) is 217 cm³/mol. The van der Waals surface area contributed by atoms with Gasteiger partial charge in [0.05, 0.1) is 0 Å². The standard InChI is InChI=1S/C16H26N4Si.C13H18N4.C9H11ClN2Si/c1-14(2)19-9-11-20(12-10-19)16-17-8-6-15(18-16)7-13-21(3,4)5;1-4-12-5-6-14-13(15-12)17-9-7-16(8-10-17)11(2)3;1-13(2,3)7-5-8-4-6-11-9(10)12-8/h6,8,14H,9-12H2,1-5H3;1,5-6,11H,7-10H2,2-3H3;4,6H,1-3H3. The fraction of sp³-hybridized carbons (Fsp3) is 0.526. The molecule has 13 heteroatoms. The van der Waals surface area contributed by atoms with Gasteiger partial charge >= 0.3 is 0 Å². The lowest BCUT2D eigenvalue weighted by atomic mass is 10.2. The van der Waals surface area contributed by atoms with Gasteiger partial charge in [0.15, 0.2) is 0 Å². The highest BCUT2D eigenvalue weighted by molar-refractivity contribution is 6.84. The molecule has 0 aromatic carbocycles. The molecule has 0 atom stereocenters. The van der Waals surface area contributed by atoms with Gasteiger partial charge in [0.1, 0.15) is 33.2 Å². The lowest BCUT2D eigenvalue weighted by Gasteiger charge is -2.36. The minimum atomic E-state index is -1.36. The van der Waals surface area contributed by atoms with E-state index in [4.69, 9.17) is 18.0 Å². The molecule has 5 rings (SSSR count). The third kappa shape index (κ3) is 15.5. The van der Waals surface area contributed by atoms with Gasteiger partial charge in [-0.1, -0.05) is 57.0 Å². The summed E-state index contributed by atoms with van der Waals surface area (Å²) >= 11 is 5.62. The van der Waals surface area contributed by atoms with E-state index in [0.717, 1.165) is 69.9 Å². The Labute approximate surface area is 313 Å². The molecule has 5 heterocycles. The zero-order chi connectivity index (χ0) is 37.6. The molecule has 0 aliphatic carbocycles. The van der Waals surface area contributed by atoms with Crippen molar-refractivity contribution in [1.82, 2.24) is 39.7 Å². The van der Waals surface area contributed by atoms with Crippen LogP contribution in [-0.4, -0.2) is 120 Å². The number of hydrogen-bond donors (Lipinski definition) is 0. The average molecular weight is 744 g/mol. The van der Waals surface area contributed by atoms with Crippen molar-refractivity contribution in [3.8, 4) is 35.3 Å². The van der Waals surface area contributed by atoms with Crippen molar-refractivity contribution in [2.45, 2.75) is 79.1 Å². The summed E-state index contributed by atoms with van der Waals surface area (Å²) in [7, 11) is -2.68. The smallest absolute Gasteiger partial charge is 0.226 e. The van der Waals surface area contributed by atoms with Crippen LogP contribution in [-0.2, 0) is 0 Å². The topological polar surface area (TPSA) is 90.3 Å². The minimum Gasteiger partial charge on any atom is -0.338 e. The molecular formula is C38H55ClN10Si2. The van der Waals surface area contributed by atoms with Crippen molar-refractivity contribution in [3.05, 3.63) is 59.2 Å². The maximum Gasteiger partial charge on any atom is 0.226 e. The monoisotopic (exact) mass is 742 g/mol. The van der Waals surface area contributed by atoms with Crippen molar-refractivity contribution >= 4 is 39.6 Å². The van der Waals surface area contributed by atoms with Gasteiger partial charge in [-0.05, 0) is 57.5 Å². The second-order valence-electron chi connectivity index (χ2n) is 15.1. The van der Waals surface area contributed by atoms with Crippen LogP contribution in [0.4, 0.5) is 11.9 Å². The van der Waals surface area contributed by atoms with Crippen molar-refractivity contribution in [2.75, 3.05) is 62.2 Å². The fourth-order valence-corrected chi connectivity index (χ4v) is 6.09. The Balaban J connectivity index is 0.000000213. The normalized spacial score (nSPS) is 15.3. The number of nitrogens with zero attached hydrogens (tertiary/aromatic N) is 10. The van der Waals surface area contributed by atoms with Gasteiger partial charge in [-0.15, -0.1) is 17.5 Å². The highest BCUT2D eigenvalue weighted by Gasteiger charge is 2.21. The van der Waals surface area contributed by atoms with Crippen molar-refractivity contribution < 1.29 is 0 Å². The number of halogens is 1. The van der Waals surface area contributed by atoms with E-state index in [1.165, 1.54) is 0 Å². The molecule has 2 saturated heterocycles. The highest BCUT2D eigenvalue weighted by Crippen LogP contribution is 2.14. The second-order valence-corrected chi connectivity index (χ2v) is 24.9. The first-order chi connectivity index (χ1) is 24.0. The van der Waals surface area contributed by atoms with E-state index in [2.05, 4.69) is 145 Å². The van der Waals surface area contributed by atoms with Crippen molar-refractivity contribution in [3.63, 3.8) is 0 Å². The quantitative estimate of drug-likeness (QED) is 0.192. The van der Waals surface area contributed by atoms with Gasteiger partial charge in [-0.2, -0.15) is 0 Å². The first kappa shape index (κ1) is 41.6. The molecule has 0 amide bonds. The van der Waals surface area contributed by atoms with Crippen LogP contribution in [0.15, 0.2) is 36.8 Å². The van der Waals surface area contributed by atoms with Gasteiger partial charge in [0.2, 0.25) is 17.2 Å². The molecule has 0 bridgehead atoms. The first-order valence-electron chi connectivity index (χ1n) is 17.7. The van der Waals surface area contributed by atoms with E-state index in [1.54, 1.807) is 24.5 Å². The third-order valence-corrected chi connectivity index (χ3v) is 9.78. The molecule has 0 unspecified atom stereocenters. The zero-order valence-corrected chi connectivity index (χ0v) is 35.0. The zero-order valence-electron chi connectivity index (χ0n) is 32.2. The molecule has 2 aliphatic heterocycles. The van der Waals surface area contributed by atoms with E-state index in [9.17, 15) is 0 Å². The Bertz CT molecular complexity index is 1710. The molecule has 2 aliphatic rings. The molecule has 0 saturated carbocycles. The lowest BCUT2D eigenvalue weighted by Crippen LogP contribution is -2.49. The van der Waals surface area contributed by atoms with E-state index in [1.807, 2.05) is 12.3 Å². The predicted octanol–water partition coefficient (Wildman–Crippen LogP) is 5.58. The largest absolute Gasteiger partial charge is 0.338 e. The molecule has 272 valence electrons. The second kappa shape index (κ2) is 19.7. The first-order valence-corrected chi connectivity index (χ1v) is 25.1. The van der Waals surface area contributed by atoms with Gasteiger partial charge in [-0.25, -0.2) is 29.9 Å². The summed E-state index contributed by atoms with van der Waals surface area (Å²) in [5.74, 6) is 10.3. The molecule has 10 nitrogen and oxygen atoms in total. The van der Waals surface area contributed by atoms with Gasteiger partial charge < -0.3 is 9.80 Å². The third-order valence-electron chi connectivity index (χ3n) is 7.85. The van der Waals surface area contributed by atoms with Crippen LogP contribution >= 0.6 is 11.6 Å². The van der Waals surface area contributed by atoms with Gasteiger partial charge in [-0.3, -0.25) is 9.80 Å². The summed E-state index contributed by atoms with van der Waals surface area (Å²) in [6, 6.07) is 6.64. The number of terminal acetylenes is 1. The maximum absolute atomic E-state index is 5.62. The van der Waals surface area contributed by atoms with Crippen LogP contribution in [0.1, 0.15) is 44.8 Å². The molecule has 0 N–H and O–H groups in total. The van der Waals surface area contributed by atoms with Crippen molar-refractivity contribution in [1.29, 1.82) is 0 Å². The Morgan fingerprint density at radius 2 is 0.961 bits per heavy atom. The van der Waals surface area contributed by atoms with E-state index < -0.39 is 16.1 Å². The maximum atomic E-state index is 5.62. The van der Waals surface area contributed by atoms with Crippen LogP contribution in [0.25, 0.3) is 0 Å². The molecule has 2 fully saturated rings. The number of anilines is 2. The average Bonchev–Trinajstić information content (AvgIpc) is 3.10. The Kier molecular flexibility index (Phi) is 16.0. The van der Waals surface area contributed by atoms with Crippen molar-refractivity contribution in [2.24, 2.45) is 0 Å². The van der Waals surface area contributed by atoms with E-state index in [0.29, 0.717) is 23.5 Å². The Morgan fingerprint density at radius 1 is 0.588 bits per heavy atom.